The van der Waals surface area contributed by atoms with Gasteiger partial charge in [0, 0.05) is 24.2 Å². The highest BCUT2D eigenvalue weighted by Crippen LogP contribution is 2.27. The Morgan fingerprint density at radius 1 is 1.35 bits per heavy atom. The zero-order valence-electron chi connectivity index (χ0n) is 12.9. The van der Waals surface area contributed by atoms with E-state index >= 15 is 0 Å². The zero-order chi connectivity index (χ0) is 16.1. The smallest absolute Gasteiger partial charge is 0.273 e. The summed E-state index contributed by atoms with van der Waals surface area (Å²) >= 11 is 3.16. The monoisotopic (exact) mass is 350 g/mol. The summed E-state index contributed by atoms with van der Waals surface area (Å²) in [5.41, 5.74) is 1.74. The van der Waals surface area contributed by atoms with Gasteiger partial charge in [-0.2, -0.15) is 0 Å². The molecule has 0 atom stereocenters. The van der Waals surface area contributed by atoms with E-state index in [0.29, 0.717) is 32.0 Å². The van der Waals surface area contributed by atoms with Crippen molar-refractivity contribution in [2.24, 2.45) is 0 Å². The van der Waals surface area contributed by atoms with Gasteiger partial charge in [-0.15, -0.1) is 11.3 Å². The summed E-state index contributed by atoms with van der Waals surface area (Å²) in [7, 11) is 1.66. The molecule has 1 aromatic heterocycles. The van der Waals surface area contributed by atoms with Gasteiger partial charge < -0.3 is 14.4 Å². The van der Waals surface area contributed by atoms with Crippen molar-refractivity contribution in [2.45, 2.75) is 10.1 Å². The number of nitrogens with zero attached hydrogens (tertiary/aromatic N) is 2. The van der Waals surface area contributed by atoms with Crippen molar-refractivity contribution < 1.29 is 14.3 Å². The third-order valence-corrected chi connectivity index (χ3v) is 5.61. The van der Waals surface area contributed by atoms with Crippen LogP contribution in [0.15, 0.2) is 34.0 Å². The summed E-state index contributed by atoms with van der Waals surface area (Å²) in [6.45, 7) is 2.50. The van der Waals surface area contributed by atoms with Gasteiger partial charge in [-0.05, 0) is 17.7 Å². The van der Waals surface area contributed by atoms with Crippen LogP contribution in [0, 0.1) is 0 Å². The number of carbonyl (C=O) groups is 1. The van der Waals surface area contributed by atoms with E-state index < -0.39 is 0 Å². The van der Waals surface area contributed by atoms with E-state index in [1.54, 1.807) is 23.8 Å². The molecule has 0 spiro atoms. The topological polar surface area (TPSA) is 51.7 Å². The minimum Gasteiger partial charge on any atom is -0.497 e. The summed E-state index contributed by atoms with van der Waals surface area (Å²) < 4.78 is 11.3. The van der Waals surface area contributed by atoms with Gasteiger partial charge in [0.05, 0.1) is 20.3 Å². The quantitative estimate of drug-likeness (QED) is 0.776. The first-order valence-electron chi connectivity index (χ1n) is 7.34. The highest BCUT2D eigenvalue weighted by Gasteiger charge is 2.20. The van der Waals surface area contributed by atoms with Crippen LogP contribution >= 0.6 is 23.1 Å². The normalized spacial score (nSPS) is 14.7. The van der Waals surface area contributed by atoms with Crippen molar-refractivity contribution in [3.8, 4) is 5.75 Å². The highest BCUT2D eigenvalue weighted by molar-refractivity contribution is 8.00. The molecular weight excluding hydrogens is 332 g/mol. The van der Waals surface area contributed by atoms with E-state index in [0.717, 1.165) is 15.8 Å². The number of carbonyl (C=O) groups excluding carboxylic acids is 1. The Labute approximate surface area is 143 Å². The van der Waals surface area contributed by atoms with Gasteiger partial charge in [-0.1, -0.05) is 23.9 Å². The lowest BCUT2D eigenvalue weighted by Crippen LogP contribution is -2.40. The zero-order valence-corrected chi connectivity index (χ0v) is 14.5. The highest BCUT2D eigenvalue weighted by atomic mass is 32.2. The third-order valence-electron chi connectivity index (χ3n) is 3.52. The fraction of sp³-hybridized carbons (Fsp3) is 0.375. The molecular formula is C16H18N2O3S2. The SMILES string of the molecule is COc1ccc(CSc2nc(C(=O)N3CCOCC3)cs2)cc1. The summed E-state index contributed by atoms with van der Waals surface area (Å²) in [5, 5.41) is 1.84. The van der Waals surface area contributed by atoms with Crippen LogP contribution in [0.3, 0.4) is 0 Å². The maximum absolute atomic E-state index is 12.3. The molecule has 0 bridgehead atoms. The maximum Gasteiger partial charge on any atom is 0.273 e. The molecule has 23 heavy (non-hydrogen) atoms. The lowest BCUT2D eigenvalue weighted by Gasteiger charge is -2.25. The van der Waals surface area contributed by atoms with Crippen molar-refractivity contribution in [2.75, 3.05) is 33.4 Å². The number of benzene rings is 1. The summed E-state index contributed by atoms with van der Waals surface area (Å²) in [6.07, 6.45) is 0. The number of rotatable bonds is 5. The second-order valence-corrected chi connectivity index (χ2v) is 7.12. The maximum atomic E-state index is 12.3. The largest absolute Gasteiger partial charge is 0.497 e. The number of ether oxygens (including phenoxy) is 2. The first-order chi connectivity index (χ1) is 11.3. The minimum absolute atomic E-state index is 0.000785. The number of thiazole rings is 1. The Morgan fingerprint density at radius 2 is 2.09 bits per heavy atom. The molecule has 0 aliphatic carbocycles. The molecule has 0 unspecified atom stereocenters. The number of amides is 1. The Balaban J connectivity index is 1.57. The van der Waals surface area contributed by atoms with Crippen LogP contribution in [0.2, 0.25) is 0 Å². The van der Waals surface area contributed by atoms with E-state index in [9.17, 15) is 4.79 Å². The van der Waals surface area contributed by atoms with E-state index in [4.69, 9.17) is 9.47 Å². The average Bonchev–Trinajstić information content (AvgIpc) is 3.09. The summed E-state index contributed by atoms with van der Waals surface area (Å²) in [6, 6.07) is 7.98. The first-order valence-corrected chi connectivity index (χ1v) is 9.21. The molecule has 0 saturated carbocycles. The van der Waals surface area contributed by atoms with Gasteiger partial charge >= 0.3 is 0 Å². The Kier molecular flexibility index (Phi) is 5.53. The Bertz CT molecular complexity index is 652. The van der Waals surface area contributed by atoms with E-state index in [2.05, 4.69) is 4.98 Å². The minimum atomic E-state index is 0.000785. The molecule has 1 saturated heterocycles. The molecule has 2 aromatic rings. The third kappa shape index (κ3) is 4.25. The number of thioether (sulfide) groups is 1. The van der Waals surface area contributed by atoms with Gasteiger partial charge in [-0.3, -0.25) is 4.79 Å². The molecule has 1 aromatic carbocycles. The van der Waals surface area contributed by atoms with E-state index in [1.165, 1.54) is 16.9 Å². The van der Waals surface area contributed by atoms with Gasteiger partial charge in [0.1, 0.15) is 11.4 Å². The number of hydrogen-bond acceptors (Lipinski definition) is 6. The van der Waals surface area contributed by atoms with Crippen LogP contribution in [0.4, 0.5) is 0 Å². The molecule has 3 rings (SSSR count). The summed E-state index contributed by atoms with van der Waals surface area (Å²) in [4.78, 5) is 18.6. The molecule has 7 heteroatoms. The van der Waals surface area contributed by atoms with Gasteiger partial charge in [0.2, 0.25) is 0 Å². The van der Waals surface area contributed by atoms with Crippen LogP contribution in [-0.4, -0.2) is 49.2 Å². The fourth-order valence-electron chi connectivity index (χ4n) is 2.22. The molecule has 2 heterocycles. The molecule has 1 amide bonds. The van der Waals surface area contributed by atoms with Crippen molar-refractivity contribution >= 4 is 29.0 Å². The van der Waals surface area contributed by atoms with Crippen molar-refractivity contribution in [3.05, 3.63) is 40.9 Å². The molecule has 1 aliphatic rings. The lowest BCUT2D eigenvalue weighted by atomic mass is 10.2. The molecule has 1 fully saturated rings. The van der Waals surface area contributed by atoms with Crippen LogP contribution in [0.5, 0.6) is 5.75 Å². The molecule has 0 N–H and O–H groups in total. The number of aromatic nitrogens is 1. The second-order valence-electron chi connectivity index (χ2n) is 5.04. The Morgan fingerprint density at radius 3 is 2.78 bits per heavy atom. The van der Waals surface area contributed by atoms with Gasteiger partial charge in [-0.25, -0.2) is 4.98 Å². The van der Waals surface area contributed by atoms with Gasteiger partial charge in [0.15, 0.2) is 4.34 Å². The van der Waals surface area contributed by atoms with E-state index in [1.807, 2.05) is 29.6 Å². The van der Waals surface area contributed by atoms with Crippen LogP contribution < -0.4 is 4.74 Å². The number of hydrogen-bond donors (Lipinski definition) is 0. The standard InChI is InChI=1S/C16H18N2O3S2/c1-20-13-4-2-12(3-5-13)10-22-16-17-14(11-23-16)15(19)18-6-8-21-9-7-18/h2-5,11H,6-10H2,1H3. The van der Waals surface area contributed by atoms with Crippen molar-refractivity contribution in [3.63, 3.8) is 0 Å². The lowest BCUT2D eigenvalue weighted by molar-refractivity contribution is 0.0299. The van der Waals surface area contributed by atoms with Crippen LogP contribution in [0.1, 0.15) is 16.1 Å². The second kappa shape index (κ2) is 7.81. The van der Waals surface area contributed by atoms with Crippen LogP contribution in [0.25, 0.3) is 0 Å². The van der Waals surface area contributed by atoms with Gasteiger partial charge in [0.25, 0.3) is 5.91 Å². The average molecular weight is 350 g/mol. The fourth-order valence-corrected chi connectivity index (χ4v) is 3.97. The van der Waals surface area contributed by atoms with Crippen LogP contribution in [-0.2, 0) is 10.5 Å². The summed E-state index contributed by atoms with van der Waals surface area (Å²) in [5.74, 6) is 1.68. The van der Waals surface area contributed by atoms with Crippen molar-refractivity contribution in [1.29, 1.82) is 0 Å². The van der Waals surface area contributed by atoms with Crippen molar-refractivity contribution in [1.82, 2.24) is 9.88 Å². The molecule has 1 aliphatic heterocycles. The molecule has 5 nitrogen and oxygen atoms in total. The predicted molar refractivity (Wildman–Crippen MR) is 91.4 cm³/mol. The molecule has 0 radical (unpaired) electrons. The number of morpholine rings is 1. The predicted octanol–water partition coefficient (Wildman–Crippen LogP) is 2.92. The first kappa shape index (κ1) is 16.3. The van der Waals surface area contributed by atoms with E-state index in [-0.39, 0.29) is 5.91 Å². The number of methoxy groups -OCH3 is 1. The Hall–Kier alpha value is -1.57. The molecule has 122 valence electrons.